The van der Waals surface area contributed by atoms with E-state index in [1.165, 1.54) is 10.4 Å². The van der Waals surface area contributed by atoms with Crippen molar-refractivity contribution in [3.8, 4) is 0 Å². The second-order valence-electron chi connectivity index (χ2n) is 11.8. The van der Waals surface area contributed by atoms with Crippen LogP contribution in [0.25, 0.3) is 0 Å². The molecule has 2 N–H and O–H groups in total. The molecule has 5 rings (SSSR count). The molecule has 296 valence electrons. The van der Waals surface area contributed by atoms with Gasteiger partial charge in [0.2, 0.25) is 0 Å². The summed E-state index contributed by atoms with van der Waals surface area (Å²) in [5, 5.41) is 20.3. The van der Waals surface area contributed by atoms with Crippen molar-refractivity contribution < 1.29 is 71.3 Å². The number of benzene rings is 3. The molecule has 0 saturated carbocycles. The molecule has 6 nitrogen and oxygen atoms in total. The van der Waals surface area contributed by atoms with E-state index in [4.69, 9.17) is 5.11 Å². The number of halogens is 13. The highest BCUT2D eigenvalue weighted by Crippen LogP contribution is 2.51. The Morgan fingerprint density at radius 3 is 1.54 bits per heavy atom. The largest absolute Gasteiger partial charge is 0.430 e. The molecule has 0 aliphatic carbocycles. The standard InChI is InChI=1S/C24H22F6N2O3S2.C9H5BrF6O/c25-23(26,27)22(33,24(28,29)30)18-8-10-19(11-9-18)32-13-12-31(37(34,35)21-7-4-14-36-21)16-20(32)15-17-5-2-1-3-6-17;10-6-3-1-5(2-4-6)7(17,8(11,12)13)9(14,15)16/h1-11,14,20,33H,12-13,15-16H2;1-4,17H/t20-;/m0./s1. The molecule has 1 saturated heterocycles. The third kappa shape index (κ3) is 8.70. The molecule has 3 aromatic carbocycles. The van der Waals surface area contributed by atoms with Crippen LogP contribution in [0.2, 0.25) is 0 Å². The summed E-state index contributed by atoms with van der Waals surface area (Å²) in [6.07, 6.45) is -23.3. The predicted molar refractivity (Wildman–Crippen MR) is 177 cm³/mol. The van der Waals surface area contributed by atoms with E-state index in [2.05, 4.69) is 15.9 Å². The lowest BCUT2D eigenvalue weighted by Crippen LogP contribution is -2.55. The van der Waals surface area contributed by atoms with Crippen LogP contribution in [0.5, 0.6) is 0 Å². The lowest BCUT2D eigenvalue weighted by atomic mass is 9.92. The first-order valence-corrected chi connectivity index (χ1v) is 18.3. The molecular formula is C33H27BrF12N2O4S2. The lowest BCUT2D eigenvalue weighted by Gasteiger charge is -2.42. The SMILES string of the molecule is O=S(=O)(c1cccs1)N1CCN(c2ccc(C(O)(C(F)(F)F)C(F)(F)F)cc2)[C@@H](Cc2ccccc2)C1.OC(c1ccc(Br)cc1)(C(F)(F)F)C(F)(F)F. The molecule has 2 heterocycles. The minimum Gasteiger partial charge on any atom is -0.369 e. The molecule has 21 heteroatoms. The van der Waals surface area contributed by atoms with Crippen LogP contribution in [0.3, 0.4) is 0 Å². The van der Waals surface area contributed by atoms with Gasteiger partial charge in [-0.05, 0) is 47.7 Å². The summed E-state index contributed by atoms with van der Waals surface area (Å²) in [7, 11) is -3.77. The Balaban J connectivity index is 0.000000321. The van der Waals surface area contributed by atoms with Gasteiger partial charge in [-0.1, -0.05) is 76.6 Å². The molecule has 1 atom stereocenters. The average molecular weight is 888 g/mol. The summed E-state index contributed by atoms with van der Waals surface area (Å²) in [5.74, 6) is 0. The number of aliphatic hydroxyl groups is 2. The van der Waals surface area contributed by atoms with Crippen LogP contribution in [0, 0.1) is 0 Å². The third-order valence-corrected chi connectivity index (χ3v) is 12.1. The highest BCUT2D eigenvalue weighted by atomic mass is 79.9. The maximum atomic E-state index is 13.3. The monoisotopic (exact) mass is 886 g/mol. The molecule has 1 aliphatic rings. The van der Waals surface area contributed by atoms with Gasteiger partial charge in [-0.25, -0.2) is 8.42 Å². The first-order valence-electron chi connectivity index (χ1n) is 15.2. The van der Waals surface area contributed by atoms with Crippen molar-refractivity contribution in [2.24, 2.45) is 0 Å². The number of hydrogen-bond donors (Lipinski definition) is 2. The van der Waals surface area contributed by atoms with Crippen LogP contribution >= 0.6 is 27.3 Å². The van der Waals surface area contributed by atoms with E-state index >= 15 is 0 Å². The van der Waals surface area contributed by atoms with Crippen LogP contribution in [-0.2, 0) is 27.6 Å². The molecule has 1 aromatic heterocycles. The number of rotatable bonds is 7. The van der Waals surface area contributed by atoms with Crippen molar-refractivity contribution in [3.05, 3.63) is 118 Å². The van der Waals surface area contributed by atoms with Gasteiger partial charge in [-0.2, -0.15) is 57.0 Å². The third-order valence-electron chi connectivity index (χ3n) is 8.37. The minimum atomic E-state index is -5.98. The topological polar surface area (TPSA) is 81.1 Å². The van der Waals surface area contributed by atoms with Gasteiger partial charge in [0.15, 0.2) is 0 Å². The molecule has 1 aliphatic heterocycles. The Kier molecular flexibility index (Phi) is 12.6. The van der Waals surface area contributed by atoms with Crippen molar-refractivity contribution in [1.82, 2.24) is 4.31 Å². The van der Waals surface area contributed by atoms with E-state index < -0.39 is 63.1 Å². The lowest BCUT2D eigenvalue weighted by molar-refractivity contribution is -0.376. The van der Waals surface area contributed by atoms with Crippen LogP contribution in [0.1, 0.15) is 16.7 Å². The second kappa shape index (κ2) is 15.6. The number of hydrogen-bond acceptors (Lipinski definition) is 6. The molecule has 1 fully saturated rings. The molecule has 54 heavy (non-hydrogen) atoms. The van der Waals surface area contributed by atoms with Crippen molar-refractivity contribution in [3.63, 3.8) is 0 Å². The average Bonchev–Trinajstić information content (AvgIpc) is 3.63. The molecular weight excluding hydrogens is 860 g/mol. The van der Waals surface area contributed by atoms with Crippen molar-refractivity contribution in [2.45, 2.75) is 52.6 Å². The Hall–Kier alpha value is -3.37. The predicted octanol–water partition coefficient (Wildman–Crippen LogP) is 8.94. The van der Waals surface area contributed by atoms with Crippen LogP contribution in [0.4, 0.5) is 58.4 Å². The molecule has 0 unspecified atom stereocenters. The zero-order chi connectivity index (χ0) is 40.5. The van der Waals surface area contributed by atoms with Crippen molar-refractivity contribution in [1.29, 1.82) is 0 Å². The van der Waals surface area contributed by atoms with Gasteiger partial charge in [0.1, 0.15) is 4.21 Å². The molecule has 0 radical (unpaired) electrons. The molecule has 0 amide bonds. The molecule has 0 spiro atoms. The highest BCUT2D eigenvalue weighted by molar-refractivity contribution is 9.10. The van der Waals surface area contributed by atoms with Crippen LogP contribution < -0.4 is 4.90 Å². The van der Waals surface area contributed by atoms with Gasteiger partial charge < -0.3 is 15.1 Å². The first kappa shape index (κ1) is 43.4. The fraction of sp³-hybridized carbons (Fsp3) is 0.333. The molecule has 4 aromatic rings. The van der Waals surface area contributed by atoms with Gasteiger partial charge in [0.05, 0.1) is 0 Å². The van der Waals surface area contributed by atoms with Crippen LogP contribution in [-0.4, -0.2) is 73.3 Å². The summed E-state index contributed by atoms with van der Waals surface area (Å²) in [5.41, 5.74) is -11.3. The number of thiophene rings is 1. The van der Waals surface area contributed by atoms with E-state index in [-0.39, 0.29) is 23.8 Å². The van der Waals surface area contributed by atoms with Crippen molar-refractivity contribution >= 4 is 43.0 Å². The quantitative estimate of drug-likeness (QED) is 0.181. The Morgan fingerprint density at radius 2 is 1.11 bits per heavy atom. The van der Waals surface area contributed by atoms with E-state index in [1.54, 1.807) is 16.3 Å². The van der Waals surface area contributed by atoms with E-state index in [0.29, 0.717) is 40.8 Å². The fourth-order valence-electron chi connectivity index (χ4n) is 5.54. The van der Waals surface area contributed by atoms with Gasteiger partial charge in [0.25, 0.3) is 21.2 Å². The maximum Gasteiger partial charge on any atom is 0.430 e. The Labute approximate surface area is 312 Å². The van der Waals surface area contributed by atoms with E-state index in [0.717, 1.165) is 41.2 Å². The smallest absolute Gasteiger partial charge is 0.369 e. The van der Waals surface area contributed by atoms with Crippen LogP contribution in [0.15, 0.2) is 105 Å². The normalized spacial score (nSPS) is 16.9. The second-order valence-corrected chi connectivity index (χ2v) is 15.8. The van der Waals surface area contributed by atoms with Gasteiger partial charge in [-0.3, -0.25) is 0 Å². The van der Waals surface area contributed by atoms with Gasteiger partial charge in [-0.15, -0.1) is 11.3 Å². The number of alkyl halides is 12. The number of piperazine rings is 1. The Morgan fingerprint density at radius 1 is 0.648 bits per heavy atom. The van der Waals surface area contributed by atoms with E-state index in [1.807, 2.05) is 30.3 Å². The molecule has 0 bridgehead atoms. The zero-order valence-electron chi connectivity index (χ0n) is 27.0. The summed E-state index contributed by atoms with van der Waals surface area (Å²) >= 11 is 3.95. The summed E-state index contributed by atoms with van der Waals surface area (Å²) < 4.78 is 182. The summed E-state index contributed by atoms with van der Waals surface area (Å²) in [4.78, 5) is 1.76. The minimum absolute atomic E-state index is 0.0614. The summed E-state index contributed by atoms with van der Waals surface area (Å²) in [6.45, 7) is 0.290. The highest BCUT2D eigenvalue weighted by Gasteiger charge is 2.72. The first-order chi connectivity index (χ1) is 24.7. The number of anilines is 1. The summed E-state index contributed by atoms with van der Waals surface area (Å²) in [6, 6.07) is 18.3. The zero-order valence-corrected chi connectivity index (χ0v) is 30.2. The van der Waals surface area contributed by atoms with Crippen molar-refractivity contribution in [2.75, 3.05) is 24.5 Å². The number of sulfonamides is 1. The van der Waals surface area contributed by atoms with E-state index in [9.17, 15) is 66.2 Å². The van der Waals surface area contributed by atoms with Gasteiger partial charge in [0, 0.05) is 47.0 Å². The van der Waals surface area contributed by atoms with Gasteiger partial charge >= 0.3 is 24.7 Å². The fourth-order valence-corrected chi connectivity index (χ4v) is 8.42. The Bertz CT molecular complexity index is 1910. The maximum absolute atomic E-state index is 13.3. The number of nitrogens with zero attached hydrogens (tertiary/aromatic N) is 2.